The Hall–Kier alpha value is -1.06. The van der Waals surface area contributed by atoms with Crippen molar-refractivity contribution in [3.8, 4) is 0 Å². The molecule has 0 aromatic carbocycles. The molecule has 0 aromatic rings. The third-order valence-corrected chi connectivity index (χ3v) is 5.93. The Morgan fingerprint density at radius 1 is 1.10 bits per heavy atom. The smallest absolute Gasteiger partial charge is 0.326 e. The first kappa shape index (κ1) is 14.9. The molecule has 1 saturated heterocycles. The topological polar surface area (TPSA) is 57.6 Å². The summed E-state index contributed by atoms with van der Waals surface area (Å²) in [7, 11) is 0. The van der Waals surface area contributed by atoms with Crippen LogP contribution in [-0.4, -0.2) is 34.0 Å². The van der Waals surface area contributed by atoms with E-state index in [0.29, 0.717) is 24.7 Å². The highest BCUT2D eigenvalue weighted by Gasteiger charge is 2.47. The van der Waals surface area contributed by atoms with Crippen LogP contribution in [0.25, 0.3) is 0 Å². The summed E-state index contributed by atoms with van der Waals surface area (Å²) >= 11 is 0. The predicted octanol–water partition coefficient (Wildman–Crippen LogP) is 3.06. The molecule has 2 saturated carbocycles. The summed E-state index contributed by atoms with van der Waals surface area (Å²) in [6.07, 6.45) is 9.14. The number of amides is 1. The van der Waals surface area contributed by atoms with Gasteiger partial charge in [0.05, 0.1) is 0 Å². The highest BCUT2D eigenvalue weighted by Crippen LogP contribution is 2.41. The highest BCUT2D eigenvalue weighted by atomic mass is 16.4. The van der Waals surface area contributed by atoms with E-state index in [1.165, 1.54) is 12.8 Å². The SMILES string of the molecule is CC1CCC(CC(=O)N2C(C(=O)O)CC3CCCCC32)C1. The molecule has 118 valence electrons. The number of carboxylic acid groups (broad SMARTS) is 1. The van der Waals surface area contributed by atoms with E-state index >= 15 is 0 Å². The van der Waals surface area contributed by atoms with Gasteiger partial charge in [-0.05, 0) is 49.9 Å². The Morgan fingerprint density at radius 2 is 1.86 bits per heavy atom. The van der Waals surface area contributed by atoms with Gasteiger partial charge in [-0.3, -0.25) is 4.79 Å². The van der Waals surface area contributed by atoms with Crippen molar-refractivity contribution in [3.63, 3.8) is 0 Å². The maximum absolute atomic E-state index is 12.7. The minimum atomic E-state index is -0.808. The van der Waals surface area contributed by atoms with Crippen LogP contribution >= 0.6 is 0 Å². The fraction of sp³-hybridized carbons (Fsp3) is 0.882. The van der Waals surface area contributed by atoms with Crippen molar-refractivity contribution >= 4 is 11.9 Å². The van der Waals surface area contributed by atoms with Crippen LogP contribution in [-0.2, 0) is 9.59 Å². The minimum Gasteiger partial charge on any atom is -0.480 e. The molecular weight excluding hydrogens is 266 g/mol. The van der Waals surface area contributed by atoms with Crippen molar-refractivity contribution in [2.24, 2.45) is 17.8 Å². The van der Waals surface area contributed by atoms with Crippen molar-refractivity contribution in [1.29, 1.82) is 0 Å². The van der Waals surface area contributed by atoms with Crippen molar-refractivity contribution in [1.82, 2.24) is 4.90 Å². The molecule has 0 bridgehead atoms. The molecule has 1 N–H and O–H groups in total. The molecular formula is C17H27NO3. The van der Waals surface area contributed by atoms with Crippen LogP contribution in [0.15, 0.2) is 0 Å². The molecule has 0 spiro atoms. The van der Waals surface area contributed by atoms with E-state index in [-0.39, 0.29) is 11.9 Å². The summed E-state index contributed by atoms with van der Waals surface area (Å²) in [4.78, 5) is 26.1. The molecule has 1 aliphatic heterocycles. The van der Waals surface area contributed by atoms with Crippen LogP contribution < -0.4 is 0 Å². The van der Waals surface area contributed by atoms with E-state index in [2.05, 4.69) is 6.92 Å². The molecule has 3 rings (SSSR count). The van der Waals surface area contributed by atoms with Crippen LogP contribution in [0.3, 0.4) is 0 Å². The van der Waals surface area contributed by atoms with Gasteiger partial charge < -0.3 is 10.0 Å². The van der Waals surface area contributed by atoms with Gasteiger partial charge in [0.1, 0.15) is 6.04 Å². The number of rotatable bonds is 3. The van der Waals surface area contributed by atoms with Gasteiger partial charge in [0.2, 0.25) is 5.91 Å². The molecule has 4 nitrogen and oxygen atoms in total. The van der Waals surface area contributed by atoms with E-state index in [0.717, 1.165) is 38.0 Å². The molecule has 3 fully saturated rings. The Morgan fingerprint density at radius 3 is 2.52 bits per heavy atom. The van der Waals surface area contributed by atoms with Crippen LogP contribution in [0.1, 0.15) is 64.7 Å². The summed E-state index contributed by atoms with van der Waals surface area (Å²) in [6, 6.07) is -0.365. The first-order valence-electron chi connectivity index (χ1n) is 8.60. The largest absolute Gasteiger partial charge is 0.480 e. The molecule has 3 aliphatic rings. The molecule has 1 heterocycles. The second-order valence-corrected chi connectivity index (χ2v) is 7.49. The van der Waals surface area contributed by atoms with Crippen molar-refractivity contribution < 1.29 is 14.7 Å². The maximum atomic E-state index is 12.7. The number of hydrogen-bond donors (Lipinski definition) is 1. The van der Waals surface area contributed by atoms with E-state index < -0.39 is 12.0 Å². The number of fused-ring (bicyclic) bond motifs is 1. The summed E-state index contributed by atoms with van der Waals surface area (Å²) in [5.41, 5.74) is 0. The Balaban J connectivity index is 1.70. The first-order chi connectivity index (χ1) is 10.1. The van der Waals surface area contributed by atoms with Crippen LogP contribution in [0.4, 0.5) is 0 Å². The normalized spacial score (nSPS) is 39.3. The number of likely N-dealkylation sites (tertiary alicyclic amines) is 1. The number of hydrogen-bond acceptors (Lipinski definition) is 2. The molecule has 5 unspecified atom stereocenters. The van der Waals surface area contributed by atoms with Crippen LogP contribution in [0.5, 0.6) is 0 Å². The van der Waals surface area contributed by atoms with Gasteiger partial charge in [-0.25, -0.2) is 4.79 Å². The van der Waals surface area contributed by atoms with Crippen molar-refractivity contribution in [2.75, 3.05) is 0 Å². The minimum absolute atomic E-state index is 0.107. The quantitative estimate of drug-likeness (QED) is 0.870. The van der Waals surface area contributed by atoms with Gasteiger partial charge in [0.15, 0.2) is 0 Å². The third kappa shape index (κ3) is 2.95. The number of carbonyl (C=O) groups is 2. The Kier molecular flexibility index (Phi) is 4.23. The fourth-order valence-corrected chi connectivity index (χ4v) is 4.90. The van der Waals surface area contributed by atoms with E-state index in [9.17, 15) is 14.7 Å². The average molecular weight is 293 g/mol. The van der Waals surface area contributed by atoms with Crippen molar-refractivity contribution in [2.45, 2.75) is 76.8 Å². The predicted molar refractivity (Wildman–Crippen MR) is 79.8 cm³/mol. The standard InChI is InChI=1S/C17H27NO3/c1-11-6-7-12(8-11)9-16(19)18-14-5-3-2-4-13(14)10-15(18)17(20)21/h11-15H,2-10H2,1H3,(H,20,21). The summed E-state index contributed by atoms with van der Waals surface area (Å²) < 4.78 is 0. The molecule has 0 aromatic heterocycles. The van der Waals surface area contributed by atoms with Gasteiger partial charge in [0.25, 0.3) is 0 Å². The van der Waals surface area contributed by atoms with Gasteiger partial charge in [-0.15, -0.1) is 0 Å². The monoisotopic (exact) mass is 293 g/mol. The Bertz CT molecular complexity index is 422. The average Bonchev–Trinajstić information content (AvgIpc) is 3.02. The zero-order valence-electron chi connectivity index (χ0n) is 13.0. The van der Waals surface area contributed by atoms with E-state index in [1.807, 2.05) is 0 Å². The lowest BCUT2D eigenvalue weighted by Crippen LogP contribution is -2.46. The van der Waals surface area contributed by atoms with Gasteiger partial charge >= 0.3 is 5.97 Å². The van der Waals surface area contributed by atoms with Crippen LogP contribution in [0.2, 0.25) is 0 Å². The van der Waals surface area contributed by atoms with Gasteiger partial charge in [0, 0.05) is 12.5 Å². The fourth-order valence-electron chi connectivity index (χ4n) is 4.90. The molecule has 4 heteroatoms. The summed E-state index contributed by atoms with van der Waals surface area (Å²) in [6.45, 7) is 2.25. The third-order valence-electron chi connectivity index (χ3n) is 5.93. The number of nitrogens with zero attached hydrogens (tertiary/aromatic N) is 1. The number of carbonyl (C=O) groups excluding carboxylic acids is 1. The zero-order valence-corrected chi connectivity index (χ0v) is 13.0. The van der Waals surface area contributed by atoms with Gasteiger partial charge in [-0.1, -0.05) is 26.2 Å². The second-order valence-electron chi connectivity index (χ2n) is 7.49. The number of aliphatic carboxylic acids is 1. The number of carboxylic acids is 1. The lowest BCUT2D eigenvalue weighted by molar-refractivity contribution is -0.150. The van der Waals surface area contributed by atoms with E-state index in [4.69, 9.17) is 0 Å². The highest BCUT2D eigenvalue weighted by molar-refractivity contribution is 5.85. The Labute approximate surface area is 126 Å². The van der Waals surface area contributed by atoms with Crippen LogP contribution in [0, 0.1) is 17.8 Å². The second kappa shape index (κ2) is 5.98. The molecule has 2 aliphatic carbocycles. The molecule has 1 amide bonds. The zero-order chi connectivity index (χ0) is 15.0. The molecule has 0 radical (unpaired) electrons. The lowest BCUT2D eigenvalue weighted by atomic mass is 9.84. The van der Waals surface area contributed by atoms with Crippen molar-refractivity contribution in [3.05, 3.63) is 0 Å². The first-order valence-corrected chi connectivity index (χ1v) is 8.60. The lowest BCUT2D eigenvalue weighted by Gasteiger charge is -2.33. The summed E-state index contributed by atoms with van der Waals surface area (Å²) in [5, 5.41) is 9.49. The molecule has 5 atom stereocenters. The summed E-state index contributed by atoms with van der Waals surface area (Å²) in [5.74, 6) is 0.920. The maximum Gasteiger partial charge on any atom is 0.326 e. The van der Waals surface area contributed by atoms with Gasteiger partial charge in [-0.2, -0.15) is 0 Å². The van der Waals surface area contributed by atoms with E-state index in [1.54, 1.807) is 4.90 Å². The molecule has 21 heavy (non-hydrogen) atoms.